The number of likely N-dealkylation sites (N-methyl/N-ethyl adjacent to an activating group) is 1. The SMILES string of the molecule is CC/C=C/C/C=C/C/C=C/C/C=C/CCCCC(=O)OC[C@H](COP(=O)(O)OCC[N+](C)(C)C)OC(=O)CCCCCCCCCCCCCCCCCCCC. The lowest BCUT2D eigenvalue weighted by molar-refractivity contribution is -0.870. The fourth-order valence-corrected chi connectivity index (χ4v) is 6.81. The van der Waals surface area contributed by atoms with E-state index in [-0.39, 0.29) is 26.1 Å². The molecule has 0 spiro atoms. The number of phosphoric acid groups is 1. The van der Waals surface area contributed by atoms with Crippen LogP contribution in [-0.2, 0) is 32.7 Å². The third-order valence-corrected chi connectivity index (χ3v) is 10.6. The molecular weight excluding hydrogens is 737 g/mol. The Bertz CT molecular complexity index is 1110. The van der Waals surface area contributed by atoms with E-state index in [4.69, 9.17) is 18.5 Å². The summed E-state index contributed by atoms with van der Waals surface area (Å²) >= 11 is 0. The van der Waals surface area contributed by atoms with E-state index in [1.165, 1.54) is 96.3 Å². The van der Waals surface area contributed by atoms with Crippen LogP contribution in [0.15, 0.2) is 48.6 Å². The van der Waals surface area contributed by atoms with E-state index in [2.05, 4.69) is 62.5 Å². The van der Waals surface area contributed by atoms with Crippen molar-refractivity contribution >= 4 is 19.8 Å². The average molecular weight is 825 g/mol. The molecule has 332 valence electrons. The molecule has 0 saturated heterocycles. The van der Waals surface area contributed by atoms with Gasteiger partial charge in [0.25, 0.3) is 0 Å². The van der Waals surface area contributed by atoms with Crippen LogP contribution >= 0.6 is 7.82 Å². The van der Waals surface area contributed by atoms with Gasteiger partial charge in [-0.05, 0) is 51.4 Å². The molecule has 0 heterocycles. The molecule has 0 aliphatic heterocycles. The highest BCUT2D eigenvalue weighted by Gasteiger charge is 2.27. The molecule has 0 saturated carbocycles. The van der Waals surface area contributed by atoms with Crippen LogP contribution in [0.3, 0.4) is 0 Å². The summed E-state index contributed by atoms with van der Waals surface area (Å²) in [5, 5.41) is 0. The predicted molar refractivity (Wildman–Crippen MR) is 238 cm³/mol. The van der Waals surface area contributed by atoms with Crippen LogP contribution in [0.1, 0.15) is 187 Å². The highest BCUT2D eigenvalue weighted by atomic mass is 31.2. The van der Waals surface area contributed by atoms with E-state index in [1.807, 2.05) is 21.1 Å². The maximum Gasteiger partial charge on any atom is 0.472 e. The van der Waals surface area contributed by atoms with Crippen molar-refractivity contribution in [3.05, 3.63) is 48.6 Å². The summed E-state index contributed by atoms with van der Waals surface area (Å²) in [6, 6.07) is 0. The lowest BCUT2D eigenvalue weighted by Crippen LogP contribution is -2.37. The van der Waals surface area contributed by atoms with Gasteiger partial charge in [-0.3, -0.25) is 18.6 Å². The van der Waals surface area contributed by atoms with Crippen LogP contribution < -0.4 is 0 Å². The number of phosphoric ester groups is 1. The molecule has 9 nitrogen and oxygen atoms in total. The van der Waals surface area contributed by atoms with Gasteiger partial charge in [0.05, 0.1) is 27.7 Å². The quantitative estimate of drug-likeness (QED) is 0.0213. The molecular formula is C47H87NO8P+. The number of quaternary nitrogens is 1. The Labute approximate surface area is 350 Å². The first kappa shape index (κ1) is 55.0. The molecule has 0 aliphatic rings. The highest BCUT2D eigenvalue weighted by Crippen LogP contribution is 2.43. The third-order valence-electron chi connectivity index (χ3n) is 9.62. The lowest BCUT2D eigenvalue weighted by Gasteiger charge is -2.24. The fourth-order valence-electron chi connectivity index (χ4n) is 6.06. The second kappa shape index (κ2) is 39.4. The summed E-state index contributed by atoms with van der Waals surface area (Å²) in [7, 11) is 1.45. The minimum atomic E-state index is -4.38. The van der Waals surface area contributed by atoms with Gasteiger partial charge in [0.15, 0.2) is 6.10 Å². The minimum Gasteiger partial charge on any atom is -0.462 e. The van der Waals surface area contributed by atoms with Gasteiger partial charge < -0.3 is 18.9 Å². The minimum absolute atomic E-state index is 0.0248. The maximum atomic E-state index is 12.7. The molecule has 0 aromatic carbocycles. The number of hydrogen-bond acceptors (Lipinski definition) is 7. The fraction of sp³-hybridized carbons (Fsp3) is 0.787. The van der Waals surface area contributed by atoms with Crippen molar-refractivity contribution in [2.24, 2.45) is 0 Å². The maximum absolute atomic E-state index is 12.7. The van der Waals surface area contributed by atoms with E-state index in [1.54, 1.807) is 0 Å². The molecule has 0 rings (SSSR count). The van der Waals surface area contributed by atoms with Crippen LogP contribution in [0.25, 0.3) is 0 Å². The lowest BCUT2D eigenvalue weighted by atomic mass is 10.0. The number of rotatable bonds is 41. The summed E-state index contributed by atoms with van der Waals surface area (Å²) in [6.45, 7) is 4.27. The summed E-state index contributed by atoms with van der Waals surface area (Å²) in [5.41, 5.74) is 0. The van der Waals surface area contributed by atoms with Gasteiger partial charge in [0, 0.05) is 12.8 Å². The zero-order valence-corrected chi connectivity index (χ0v) is 38.2. The third kappa shape index (κ3) is 43.4. The number of unbranched alkanes of at least 4 members (excludes halogenated alkanes) is 19. The first-order chi connectivity index (χ1) is 27.5. The van der Waals surface area contributed by atoms with Gasteiger partial charge in [-0.1, -0.05) is 172 Å². The van der Waals surface area contributed by atoms with Gasteiger partial charge in [0.1, 0.15) is 19.8 Å². The van der Waals surface area contributed by atoms with Gasteiger partial charge in [-0.15, -0.1) is 0 Å². The van der Waals surface area contributed by atoms with Crippen LogP contribution in [0.2, 0.25) is 0 Å². The Balaban J connectivity index is 4.37. The van der Waals surface area contributed by atoms with Gasteiger partial charge in [0.2, 0.25) is 0 Å². The Hall–Kier alpha value is -2.03. The van der Waals surface area contributed by atoms with Crippen LogP contribution in [0.4, 0.5) is 0 Å². The molecule has 10 heteroatoms. The number of carbonyl (C=O) groups excluding carboxylic acids is 2. The number of ether oxygens (including phenoxy) is 2. The van der Waals surface area contributed by atoms with Gasteiger partial charge in [-0.2, -0.15) is 0 Å². The van der Waals surface area contributed by atoms with Crippen LogP contribution in [0.5, 0.6) is 0 Å². The average Bonchev–Trinajstić information content (AvgIpc) is 3.16. The summed E-state index contributed by atoms with van der Waals surface area (Å²) in [4.78, 5) is 35.4. The van der Waals surface area contributed by atoms with Crippen molar-refractivity contribution in [2.75, 3.05) is 47.5 Å². The molecule has 0 aromatic rings. The summed E-state index contributed by atoms with van der Waals surface area (Å²) < 4.78 is 34.3. The summed E-state index contributed by atoms with van der Waals surface area (Å²) in [5.74, 6) is -0.844. The molecule has 57 heavy (non-hydrogen) atoms. The molecule has 0 radical (unpaired) electrons. The number of carbonyl (C=O) groups is 2. The number of hydrogen-bond donors (Lipinski definition) is 1. The van der Waals surface area contributed by atoms with Crippen molar-refractivity contribution in [3.63, 3.8) is 0 Å². The normalized spacial score (nSPS) is 14.0. The standard InChI is InChI=1S/C47H86NO8P/c1-6-8-10-12-14-16-18-20-22-23-24-26-28-30-32-34-36-38-40-47(50)56-45(44-55-57(51,52)54-42-41-48(3,4)5)43-53-46(49)39-37-35-33-31-29-27-25-21-19-17-15-13-11-9-7-2/h9,11,15,17,21,25,29,31,45H,6-8,10,12-14,16,18-20,22-24,26-28,30,32-44H2,1-5H3/p+1/b11-9+,17-15+,25-21+,31-29+/t45-/m1/s1. The van der Waals surface area contributed by atoms with Crippen molar-refractivity contribution < 1.29 is 42.1 Å². The molecule has 0 fully saturated rings. The van der Waals surface area contributed by atoms with Crippen LogP contribution in [-0.4, -0.2) is 74.9 Å². The van der Waals surface area contributed by atoms with Crippen LogP contribution in [0, 0.1) is 0 Å². The molecule has 0 aromatic heterocycles. The molecule has 2 atom stereocenters. The van der Waals surface area contributed by atoms with Gasteiger partial charge in [-0.25, -0.2) is 4.57 Å². The Kier molecular flexibility index (Phi) is 38.0. The molecule has 0 aliphatic carbocycles. The Morgan fingerprint density at radius 2 is 1.00 bits per heavy atom. The van der Waals surface area contributed by atoms with Gasteiger partial charge >= 0.3 is 19.8 Å². The van der Waals surface area contributed by atoms with E-state index in [9.17, 15) is 19.0 Å². The van der Waals surface area contributed by atoms with E-state index in [0.29, 0.717) is 23.9 Å². The van der Waals surface area contributed by atoms with E-state index < -0.39 is 32.5 Å². The van der Waals surface area contributed by atoms with Crippen molar-refractivity contribution in [3.8, 4) is 0 Å². The predicted octanol–water partition coefficient (Wildman–Crippen LogP) is 13.1. The Morgan fingerprint density at radius 3 is 1.49 bits per heavy atom. The molecule has 1 unspecified atom stereocenters. The van der Waals surface area contributed by atoms with E-state index in [0.717, 1.165) is 51.4 Å². The monoisotopic (exact) mass is 825 g/mol. The molecule has 0 bridgehead atoms. The number of nitrogens with zero attached hydrogens (tertiary/aromatic N) is 1. The molecule has 1 N–H and O–H groups in total. The largest absolute Gasteiger partial charge is 0.472 e. The summed E-state index contributed by atoms with van der Waals surface area (Å²) in [6.07, 6.45) is 45.9. The first-order valence-corrected chi connectivity index (χ1v) is 24.4. The van der Waals surface area contributed by atoms with Crippen molar-refractivity contribution in [1.29, 1.82) is 0 Å². The highest BCUT2D eigenvalue weighted by molar-refractivity contribution is 7.47. The second-order valence-corrected chi connectivity index (χ2v) is 17.9. The zero-order valence-electron chi connectivity index (χ0n) is 37.3. The van der Waals surface area contributed by atoms with Crippen molar-refractivity contribution in [2.45, 2.75) is 193 Å². The Morgan fingerprint density at radius 1 is 0.561 bits per heavy atom. The van der Waals surface area contributed by atoms with E-state index >= 15 is 0 Å². The number of esters is 2. The zero-order chi connectivity index (χ0) is 42.1. The smallest absolute Gasteiger partial charge is 0.462 e. The van der Waals surface area contributed by atoms with Crippen molar-refractivity contribution in [1.82, 2.24) is 0 Å². The number of allylic oxidation sites excluding steroid dienone is 8. The molecule has 0 amide bonds. The first-order valence-electron chi connectivity index (χ1n) is 22.9. The second-order valence-electron chi connectivity index (χ2n) is 16.4. The topological polar surface area (TPSA) is 108 Å².